The van der Waals surface area contributed by atoms with Gasteiger partial charge in [-0.2, -0.15) is 0 Å². The van der Waals surface area contributed by atoms with Gasteiger partial charge in [0.2, 0.25) is 0 Å². The number of esters is 8. The fourth-order valence-electron chi connectivity index (χ4n) is 17.6. The summed E-state index contributed by atoms with van der Waals surface area (Å²) in [4.78, 5) is 110. The van der Waals surface area contributed by atoms with Gasteiger partial charge < -0.3 is 56.8 Å². The number of rotatable bonds is 35. The van der Waals surface area contributed by atoms with Crippen LogP contribution in [-0.2, 0) is 95.2 Å². The number of fused-ring (bicyclic) bond motifs is 5. The summed E-state index contributed by atoms with van der Waals surface area (Å²) in [7, 11) is 0. The van der Waals surface area contributed by atoms with Gasteiger partial charge in [-0.3, -0.25) is 38.4 Å². The van der Waals surface area contributed by atoms with Crippen molar-refractivity contribution < 1.29 is 95.2 Å². The van der Waals surface area contributed by atoms with Gasteiger partial charge in [0.25, 0.3) is 0 Å². The Labute approximate surface area is 562 Å². The molecular weight excluding hydrogens is 1210 g/mol. The van der Waals surface area contributed by atoms with E-state index in [0.29, 0.717) is 82.0 Å². The lowest BCUT2D eigenvalue weighted by Crippen LogP contribution is -2.69. The largest absolute Gasteiger partial charge is 0.463 e. The molecule has 0 radical (unpaired) electrons. The van der Waals surface area contributed by atoms with Crippen LogP contribution in [0.15, 0.2) is 0 Å². The van der Waals surface area contributed by atoms with Gasteiger partial charge in [-0.1, -0.05) is 130 Å². The number of hydrogen-bond acceptors (Lipinski definition) is 20. The van der Waals surface area contributed by atoms with Gasteiger partial charge in [0.05, 0.1) is 6.10 Å². The van der Waals surface area contributed by atoms with Gasteiger partial charge in [-0.25, -0.2) is 0 Å². The summed E-state index contributed by atoms with van der Waals surface area (Å²) >= 11 is 0. The van der Waals surface area contributed by atoms with Crippen molar-refractivity contribution in [3.63, 3.8) is 0 Å². The van der Waals surface area contributed by atoms with Crippen molar-refractivity contribution in [1.82, 2.24) is 0 Å². The summed E-state index contributed by atoms with van der Waals surface area (Å²) in [6.45, 7) is 32.6. The lowest BCUT2D eigenvalue weighted by Gasteiger charge is -2.71. The molecule has 6 fully saturated rings. The summed E-state index contributed by atoms with van der Waals surface area (Å²) in [5.41, 5.74) is -1.07. The average molecular weight is 1330 g/mol. The van der Waals surface area contributed by atoms with E-state index in [9.17, 15) is 38.4 Å². The van der Waals surface area contributed by atoms with Crippen LogP contribution in [0.25, 0.3) is 0 Å². The molecule has 0 bridgehead atoms. The molecule has 0 unspecified atom stereocenters. The van der Waals surface area contributed by atoms with E-state index in [0.717, 1.165) is 44.9 Å². The maximum Gasteiger partial charge on any atom is 0.306 e. The standard InChI is InChI=1S/C74H122O20/c1-17-26-54(75)83-43-49-64(90-58(79)30-21-5)66(92-60(81)32-23-7)68(94-70-67(93-61(82)33-24-8)65(91-59(80)31-22-6)63(89-57(78)29-20-4)50(87-70)44-84-55(76)27-18-2)69(86-49)88-53-38-39-72(14)51(71(53,12)13)37-41-73(15)52(72)42-48(85-56(77)28-19-3)62-47(36-40-74(62,73)16)46(11)35-25-34-45(9)10/h45-53,62-70H,17-44H2,1-16H3/t46-,47-,48-,49-,50-,51+,52-,53+,62+,63-,64-,65+,66+,67-,68-,69+,70+,72+,73-,74-/m1/s1. The van der Waals surface area contributed by atoms with Crippen molar-refractivity contribution in [3.05, 3.63) is 0 Å². The Balaban J connectivity index is 1.51. The highest BCUT2D eigenvalue weighted by molar-refractivity contribution is 5.73. The van der Waals surface area contributed by atoms with Crippen molar-refractivity contribution in [1.29, 1.82) is 0 Å². The fraction of sp³-hybridized carbons (Fsp3) is 0.892. The van der Waals surface area contributed by atoms with Gasteiger partial charge in [0.1, 0.15) is 31.5 Å². The highest BCUT2D eigenvalue weighted by Gasteiger charge is 2.72. The highest BCUT2D eigenvalue weighted by Crippen LogP contribution is 2.76. The molecule has 2 heterocycles. The van der Waals surface area contributed by atoms with Gasteiger partial charge in [-0.15, -0.1) is 0 Å². The van der Waals surface area contributed by atoms with E-state index in [1.165, 1.54) is 12.8 Å². The molecular formula is C74H122O20. The predicted molar refractivity (Wildman–Crippen MR) is 350 cm³/mol. The molecule has 0 spiro atoms. The molecule has 2 aliphatic heterocycles. The molecule has 4 aliphatic carbocycles. The normalized spacial score (nSPS) is 34.5. The van der Waals surface area contributed by atoms with Crippen molar-refractivity contribution in [3.8, 4) is 0 Å². The molecule has 0 amide bonds. The van der Waals surface area contributed by atoms with Crippen LogP contribution >= 0.6 is 0 Å². The first kappa shape index (κ1) is 78.6. The van der Waals surface area contributed by atoms with Crippen LogP contribution in [0.1, 0.15) is 278 Å². The second-order valence-corrected chi connectivity index (χ2v) is 30.1. The van der Waals surface area contributed by atoms with Gasteiger partial charge in [0, 0.05) is 57.3 Å². The first-order valence-electron chi connectivity index (χ1n) is 36.7. The van der Waals surface area contributed by atoms with Gasteiger partial charge >= 0.3 is 47.8 Å². The number of carbonyl (C=O) groups excluding carboxylic acids is 8. The summed E-state index contributed by atoms with van der Waals surface area (Å²) in [6.07, 6.45) is -3.37. The van der Waals surface area contributed by atoms with Crippen LogP contribution in [0.5, 0.6) is 0 Å². The molecule has 20 nitrogen and oxygen atoms in total. The fourth-order valence-corrected chi connectivity index (χ4v) is 17.6. The van der Waals surface area contributed by atoms with Crippen molar-refractivity contribution in [2.75, 3.05) is 13.2 Å². The minimum Gasteiger partial charge on any atom is -0.463 e. The smallest absolute Gasteiger partial charge is 0.306 e. The molecule has 6 aliphatic rings. The molecule has 20 heteroatoms. The Hall–Kier alpha value is -4.40. The summed E-state index contributed by atoms with van der Waals surface area (Å²) < 4.78 is 78.5. The van der Waals surface area contributed by atoms with E-state index in [1.807, 2.05) is 20.8 Å². The molecule has 20 atom stereocenters. The molecule has 538 valence electrons. The summed E-state index contributed by atoms with van der Waals surface area (Å²) in [5.74, 6) is -2.76. The third kappa shape index (κ3) is 18.9. The van der Waals surface area contributed by atoms with Crippen LogP contribution in [0.4, 0.5) is 0 Å². The van der Waals surface area contributed by atoms with E-state index in [-0.39, 0.29) is 91.0 Å². The van der Waals surface area contributed by atoms with Gasteiger partial charge in [0.15, 0.2) is 49.2 Å². The zero-order valence-corrected chi connectivity index (χ0v) is 60.4. The Bertz CT molecular complexity index is 2480. The number of hydrogen-bond donors (Lipinski definition) is 0. The molecule has 0 aromatic carbocycles. The molecule has 0 N–H and O–H groups in total. The zero-order chi connectivity index (χ0) is 69.3. The maximum atomic E-state index is 14.3. The third-order valence-corrected chi connectivity index (χ3v) is 22.4. The van der Waals surface area contributed by atoms with E-state index >= 15 is 0 Å². The van der Waals surface area contributed by atoms with Crippen molar-refractivity contribution in [2.24, 2.45) is 57.2 Å². The zero-order valence-electron chi connectivity index (χ0n) is 60.4. The second-order valence-electron chi connectivity index (χ2n) is 30.1. The van der Waals surface area contributed by atoms with E-state index in [2.05, 4.69) is 55.4 Å². The molecule has 0 aromatic heterocycles. The SMILES string of the molecule is CCCC(=O)OC[C@H]1O[C@@H](O[C@H]2[C@H](O[C@H]3CC[C@]4(C)[C@H]5C[C@@H](OC(=O)CCC)[C@@H]6[C@@H]([C@H](C)CCCC(C)C)CC[C@@]6(C)[C@]5(C)CC[C@H]4C3(C)C)O[C@H](COC(=O)CCC)[C@@H](OC(=O)CCC)[C@@H]2OC(=O)CCC)[C@H](OC(=O)CCC)[C@@H](OC(=O)CCC)[C@@H]1OC(=O)CCC. The molecule has 0 aromatic rings. The minimum atomic E-state index is -1.82. The lowest BCUT2D eigenvalue weighted by atomic mass is 9.35. The number of carbonyl (C=O) groups is 8. The molecule has 4 saturated carbocycles. The van der Waals surface area contributed by atoms with E-state index < -0.39 is 128 Å². The topological polar surface area (TPSA) is 247 Å². The van der Waals surface area contributed by atoms with Crippen LogP contribution in [0, 0.1) is 57.2 Å². The monoisotopic (exact) mass is 1330 g/mol. The predicted octanol–water partition coefficient (Wildman–Crippen LogP) is 13.9. The van der Waals surface area contributed by atoms with Gasteiger partial charge in [-0.05, 0) is 148 Å². The summed E-state index contributed by atoms with van der Waals surface area (Å²) in [5, 5.41) is 0. The Morgan fingerprint density at radius 3 is 1.29 bits per heavy atom. The van der Waals surface area contributed by atoms with Crippen molar-refractivity contribution >= 4 is 47.8 Å². The second kappa shape index (κ2) is 35.9. The third-order valence-electron chi connectivity index (χ3n) is 22.4. The van der Waals surface area contributed by atoms with E-state index in [1.54, 1.807) is 34.6 Å². The summed E-state index contributed by atoms with van der Waals surface area (Å²) in [6, 6.07) is 0. The lowest BCUT2D eigenvalue weighted by molar-refractivity contribution is -0.379. The number of ether oxygens (including phenoxy) is 12. The molecule has 6 rings (SSSR count). The van der Waals surface area contributed by atoms with Crippen molar-refractivity contribution in [2.45, 2.75) is 351 Å². The van der Waals surface area contributed by atoms with E-state index in [4.69, 9.17) is 56.8 Å². The highest BCUT2D eigenvalue weighted by atomic mass is 16.8. The molecule has 2 saturated heterocycles. The quantitative estimate of drug-likeness (QED) is 0.0325. The Kier molecular flexibility index (Phi) is 30.0. The maximum absolute atomic E-state index is 14.3. The van der Waals surface area contributed by atoms with Crippen LogP contribution in [-0.4, -0.2) is 135 Å². The Morgan fingerprint density at radius 2 is 0.830 bits per heavy atom. The first-order valence-corrected chi connectivity index (χ1v) is 36.7. The first-order chi connectivity index (χ1) is 44.6. The van der Waals surface area contributed by atoms with Crippen LogP contribution in [0.3, 0.4) is 0 Å². The minimum absolute atomic E-state index is 0.0419. The average Bonchev–Trinajstić information content (AvgIpc) is 1.22. The van der Waals surface area contributed by atoms with Crippen LogP contribution < -0.4 is 0 Å². The van der Waals surface area contributed by atoms with Crippen LogP contribution in [0.2, 0.25) is 0 Å². The molecule has 94 heavy (non-hydrogen) atoms. The Morgan fingerprint density at radius 1 is 0.426 bits per heavy atom.